The van der Waals surface area contributed by atoms with Gasteiger partial charge in [0.05, 0.1) is 10.6 Å². The lowest BCUT2D eigenvalue weighted by molar-refractivity contribution is -0.134. The van der Waals surface area contributed by atoms with Gasteiger partial charge in [-0.15, -0.1) is 0 Å². The summed E-state index contributed by atoms with van der Waals surface area (Å²) >= 11 is 5.99. The van der Waals surface area contributed by atoms with E-state index in [1.54, 1.807) is 19.9 Å². The van der Waals surface area contributed by atoms with Crippen LogP contribution in [0, 0.1) is 12.7 Å². The van der Waals surface area contributed by atoms with Crippen molar-refractivity contribution in [1.29, 1.82) is 0 Å². The monoisotopic (exact) mass is 360 g/mol. The lowest BCUT2D eigenvalue weighted by Gasteiger charge is -2.09. The van der Waals surface area contributed by atoms with Crippen LogP contribution < -0.4 is 9.47 Å². The van der Waals surface area contributed by atoms with Crippen molar-refractivity contribution in [3.8, 4) is 11.5 Å². The number of ketones is 1. The Bertz CT molecular complexity index is 898. The van der Waals surface area contributed by atoms with E-state index in [0.29, 0.717) is 22.6 Å². The van der Waals surface area contributed by atoms with Crippen LogP contribution in [-0.2, 0) is 4.79 Å². The molecule has 0 bridgehead atoms. The quantitative estimate of drug-likeness (QED) is 0.451. The molecule has 0 saturated carbocycles. The summed E-state index contributed by atoms with van der Waals surface area (Å²) in [7, 11) is 0. The lowest BCUT2D eigenvalue weighted by Crippen LogP contribution is -2.06. The van der Waals surface area contributed by atoms with Crippen LogP contribution in [0.5, 0.6) is 11.5 Å². The van der Waals surface area contributed by atoms with Crippen LogP contribution >= 0.6 is 11.6 Å². The number of halogens is 2. The summed E-state index contributed by atoms with van der Waals surface area (Å²) in [6.45, 7) is 3.37. The minimum absolute atomic E-state index is 0.0379. The minimum Gasteiger partial charge on any atom is -0.452 e. The van der Waals surface area contributed by atoms with Crippen LogP contribution in [-0.4, -0.2) is 11.8 Å². The van der Waals surface area contributed by atoms with Gasteiger partial charge in [-0.25, -0.2) is 4.39 Å². The Hall–Kier alpha value is -2.66. The highest BCUT2D eigenvalue weighted by Crippen LogP contribution is 2.39. The molecule has 4 nitrogen and oxygen atoms in total. The van der Waals surface area contributed by atoms with Gasteiger partial charge >= 0.3 is 5.97 Å². The molecule has 1 aliphatic heterocycles. The second kappa shape index (κ2) is 6.69. The molecule has 0 atom stereocenters. The number of carbonyl (C=O) groups is 2. The average molecular weight is 361 g/mol. The zero-order valence-corrected chi connectivity index (χ0v) is 14.3. The second-order valence-electron chi connectivity index (χ2n) is 5.47. The van der Waals surface area contributed by atoms with E-state index in [9.17, 15) is 14.0 Å². The number of hydrogen-bond acceptors (Lipinski definition) is 4. The average Bonchev–Trinajstić information content (AvgIpc) is 2.90. The van der Waals surface area contributed by atoms with Crippen molar-refractivity contribution in [3.63, 3.8) is 0 Å². The van der Waals surface area contributed by atoms with E-state index in [2.05, 4.69) is 0 Å². The van der Waals surface area contributed by atoms with Gasteiger partial charge in [0.25, 0.3) is 0 Å². The molecule has 6 heteroatoms. The smallest absolute Gasteiger partial charge is 0.310 e. The third kappa shape index (κ3) is 3.15. The number of fused-ring (bicyclic) bond motifs is 1. The third-order valence-corrected chi connectivity index (χ3v) is 4.15. The van der Waals surface area contributed by atoms with Gasteiger partial charge in [0.2, 0.25) is 5.78 Å². The van der Waals surface area contributed by atoms with Crippen molar-refractivity contribution in [2.45, 2.75) is 20.3 Å². The minimum atomic E-state index is -0.554. The Balaban J connectivity index is 2.00. The Morgan fingerprint density at radius 3 is 2.76 bits per heavy atom. The zero-order valence-electron chi connectivity index (χ0n) is 13.6. The largest absolute Gasteiger partial charge is 0.452 e. The van der Waals surface area contributed by atoms with E-state index in [-0.39, 0.29) is 34.5 Å². The van der Waals surface area contributed by atoms with Crippen LogP contribution in [0.3, 0.4) is 0 Å². The van der Waals surface area contributed by atoms with Crippen molar-refractivity contribution in [3.05, 3.63) is 63.6 Å². The highest BCUT2D eigenvalue weighted by molar-refractivity contribution is 6.32. The fourth-order valence-electron chi connectivity index (χ4n) is 2.45. The van der Waals surface area contributed by atoms with Gasteiger partial charge in [-0.2, -0.15) is 0 Å². The molecule has 0 saturated heterocycles. The number of allylic oxidation sites excluding steroid dienone is 1. The summed E-state index contributed by atoms with van der Waals surface area (Å²) in [5.74, 6) is -0.744. The Morgan fingerprint density at radius 2 is 2.08 bits per heavy atom. The lowest BCUT2D eigenvalue weighted by atomic mass is 10.1. The maximum atomic E-state index is 13.9. The molecule has 3 rings (SSSR count). The normalized spacial score (nSPS) is 14.4. The molecule has 0 unspecified atom stereocenters. The van der Waals surface area contributed by atoms with Gasteiger partial charge in [0.15, 0.2) is 5.76 Å². The Morgan fingerprint density at radius 1 is 1.32 bits per heavy atom. The van der Waals surface area contributed by atoms with Gasteiger partial charge in [0, 0.05) is 17.5 Å². The summed E-state index contributed by atoms with van der Waals surface area (Å²) < 4.78 is 24.8. The number of carbonyl (C=O) groups excluding carboxylic acids is 2. The molecule has 0 N–H and O–H groups in total. The first-order chi connectivity index (χ1) is 11.9. The van der Waals surface area contributed by atoms with Crippen molar-refractivity contribution >= 4 is 29.4 Å². The van der Waals surface area contributed by atoms with Gasteiger partial charge < -0.3 is 9.47 Å². The molecule has 0 aliphatic carbocycles. The van der Waals surface area contributed by atoms with Crippen LogP contribution in [0.2, 0.25) is 5.02 Å². The van der Waals surface area contributed by atoms with E-state index < -0.39 is 5.82 Å². The molecule has 2 aromatic carbocycles. The van der Waals surface area contributed by atoms with Crippen molar-refractivity contribution in [2.24, 2.45) is 0 Å². The van der Waals surface area contributed by atoms with Gasteiger partial charge in [-0.3, -0.25) is 9.59 Å². The number of esters is 1. The van der Waals surface area contributed by atoms with Crippen LogP contribution in [0.15, 0.2) is 36.1 Å². The maximum absolute atomic E-state index is 13.9. The van der Waals surface area contributed by atoms with E-state index >= 15 is 0 Å². The molecule has 0 fully saturated rings. The fraction of sp³-hybridized carbons (Fsp3) is 0.158. The van der Waals surface area contributed by atoms with Crippen molar-refractivity contribution in [2.75, 3.05) is 0 Å². The molecular formula is C19H14ClFO4. The maximum Gasteiger partial charge on any atom is 0.310 e. The standard InChI is InChI=1S/C19H14ClFO4/c1-3-17(22)24-15-8-7-11-18(23)16(25-19(11)10(15)2)9-12-13(20)5-4-6-14(12)21/h4-9H,3H2,1-2H3/b16-9-. The number of ether oxygens (including phenoxy) is 2. The van der Waals surface area contributed by atoms with E-state index in [1.165, 1.54) is 30.3 Å². The van der Waals surface area contributed by atoms with Crippen LogP contribution in [0.25, 0.3) is 6.08 Å². The molecule has 1 heterocycles. The first-order valence-electron chi connectivity index (χ1n) is 7.65. The summed E-state index contributed by atoms with van der Waals surface area (Å²) in [6, 6.07) is 7.31. The Labute approximate surface area is 148 Å². The predicted molar refractivity (Wildman–Crippen MR) is 91.5 cm³/mol. The number of rotatable bonds is 3. The third-order valence-electron chi connectivity index (χ3n) is 3.82. The van der Waals surface area contributed by atoms with Gasteiger partial charge in [-0.1, -0.05) is 24.6 Å². The summed E-state index contributed by atoms with van der Waals surface area (Å²) in [5, 5.41) is 0.175. The molecule has 0 aromatic heterocycles. The van der Waals surface area contributed by atoms with E-state index in [4.69, 9.17) is 21.1 Å². The SMILES string of the molecule is CCC(=O)Oc1ccc2c(c1C)O/C(=C\c1c(F)cccc1Cl)C2=O. The van der Waals surface area contributed by atoms with Gasteiger partial charge in [-0.05, 0) is 37.3 Å². The summed E-state index contributed by atoms with van der Waals surface area (Å²) in [4.78, 5) is 24.0. The van der Waals surface area contributed by atoms with Crippen LogP contribution in [0.1, 0.15) is 34.8 Å². The molecular weight excluding hydrogens is 347 g/mol. The molecule has 2 aromatic rings. The predicted octanol–water partition coefficient (Wildman–Crippen LogP) is 4.72. The Kier molecular flexibility index (Phi) is 4.59. The first-order valence-corrected chi connectivity index (χ1v) is 8.02. The van der Waals surface area contributed by atoms with E-state index in [0.717, 1.165) is 0 Å². The zero-order chi connectivity index (χ0) is 18.1. The number of benzene rings is 2. The summed E-state index contributed by atoms with van der Waals surface area (Å²) in [5.41, 5.74) is 0.929. The van der Waals surface area contributed by atoms with E-state index in [1.807, 2.05) is 0 Å². The van der Waals surface area contributed by atoms with Crippen molar-refractivity contribution in [1.82, 2.24) is 0 Å². The molecule has 0 spiro atoms. The molecule has 0 radical (unpaired) electrons. The second-order valence-corrected chi connectivity index (χ2v) is 5.88. The molecule has 0 amide bonds. The summed E-state index contributed by atoms with van der Waals surface area (Å²) in [6.07, 6.45) is 1.50. The topological polar surface area (TPSA) is 52.6 Å². The highest BCUT2D eigenvalue weighted by Gasteiger charge is 2.31. The molecule has 1 aliphatic rings. The van der Waals surface area contributed by atoms with Crippen molar-refractivity contribution < 1.29 is 23.5 Å². The fourth-order valence-corrected chi connectivity index (χ4v) is 2.67. The molecule has 128 valence electrons. The number of hydrogen-bond donors (Lipinski definition) is 0. The van der Waals surface area contributed by atoms with Crippen LogP contribution in [0.4, 0.5) is 4.39 Å². The highest BCUT2D eigenvalue weighted by atomic mass is 35.5. The molecule has 25 heavy (non-hydrogen) atoms. The van der Waals surface area contributed by atoms with Gasteiger partial charge in [0.1, 0.15) is 17.3 Å². The number of Topliss-reactive ketones (excluding diaryl/α,β-unsaturated/α-hetero) is 1. The first kappa shape index (κ1) is 17.2.